The van der Waals surface area contributed by atoms with Crippen LogP contribution >= 0.6 is 15.9 Å². The molecule has 0 atom stereocenters. The van der Waals surface area contributed by atoms with Crippen molar-refractivity contribution in [2.45, 2.75) is 26.7 Å². The lowest BCUT2D eigenvalue weighted by Gasteiger charge is -2.09. The molecule has 26 heavy (non-hydrogen) atoms. The van der Waals surface area contributed by atoms with Gasteiger partial charge in [-0.05, 0) is 36.6 Å². The minimum atomic E-state index is 0.0107. The zero-order valence-electron chi connectivity index (χ0n) is 14.9. The smallest absolute Gasteiger partial charge is 0.225 e. The van der Waals surface area contributed by atoms with Crippen molar-refractivity contribution in [2.24, 2.45) is 5.92 Å². The number of halogens is 1. The molecule has 1 amide bonds. The van der Waals surface area contributed by atoms with Gasteiger partial charge in [0.1, 0.15) is 5.82 Å². The molecule has 0 aliphatic rings. The van der Waals surface area contributed by atoms with Gasteiger partial charge in [-0.2, -0.15) is 5.10 Å². The molecule has 5 heteroatoms. The Morgan fingerprint density at radius 3 is 2.46 bits per heavy atom. The van der Waals surface area contributed by atoms with Crippen molar-refractivity contribution in [1.29, 1.82) is 0 Å². The van der Waals surface area contributed by atoms with E-state index in [1.807, 2.05) is 60.7 Å². The first-order valence-electron chi connectivity index (χ1n) is 8.74. The average molecular weight is 412 g/mol. The second-order valence-electron chi connectivity index (χ2n) is 6.65. The number of amides is 1. The molecule has 4 nitrogen and oxygen atoms in total. The van der Waals surface area contributed by atoms with Gasteiger partial charge in [0, 0.05) is 22.5 Å². The quantitative estimate of drug-likeness (QED) is 0.567. The molecule has 0 bridgehead atoms. The highest BCUT2D eigenvalue weighted by molar-refractivity contribution is 9.10. The third kappa shape index (κ3) is 4.61. The summed E-state index contributed by atoms with van der Waals surface area (Å²) in [6, 6.07) is 19.7. The van der Waals surface area contributed by atoms with Gasteiger partial charge in [-0.25, -0.2) is 4.68 Å². The third-order valence-electron chi connectivity index (χ3n) is 4.07. The molecule has 0 aliphatic carbocycles. The normalized spacial score (nSPS) is 10.9. The summed E-state index contributed by atoms with van der Waals surface area (Å²) in [7, 11) is 0. The zero-order chi connectivity index (χ0) is 18.5. The zero-order valence-corrected chi connectivity index (χ0v) is 16.5. The molecule has 134 valence electrons. The molecule has 2 aromatic carbocycles. The van der Waals surface area contributed by atoms with E-state index >= 15 is 0 Å². The van der Waals surface area contributed by atoms with E-state index in [0.29, 0.717) is 18.2 Å². The van der Waals surface area contributed by atoms with Gasteiger partial charge in [-0.15, -0.1) is 0 Å². The molecule has 1 aromatic heterocycles. The molecule has 0 saturated carbocycles. The van der Waals surface area contributed by atoms with Gasteiger partial charge in [0.25, 0.3) is 0 Å². The lowest BCUT2D eigenvalue weighted by Crippen LogP contribution is -2.15. The number of anilines is 1. The van der Waals surface area contributed by atoms with Crippen molar-refractivity contribution in [3.05, 3.63) is 65.1 Å². The molecule has 0 unspecified atom stereocenters. The van der Waals surface area contributed by atoms with E-state index in [9.17, 15) is 4.79 Å². The summed E-state index contributed by atoms with van der Waals surface area (Å²) in [6.45, 7) is 4.24. The number of hydrogen-bond donors (Lipinski definition) is 1. The fourth-order valence-corrected chi connectivity index (χ4v) is 2.89. The largest absolute Gasteiger partial charge is 0.311 e. The molecule has 0 aliphatic heterocycles. The van der Waals surface area contributed by atoms with E-state index in [1.54, 1.807) is 4.68 Å². The third-order valence-corrected chi connectivity index (χ3v) is 4.60. The second kappa shape index (κ2) is 8.32. The van der Waals surface area contributed by atoms with Crippen molar-refractivity contribution in [3.8, 4) is 16.9 Å². The standard InChI is InChI=1S/C21H22BrN3O/c1-15(2)8-13-21(26)23-20-14-19(16-6-4-3-5-7-16)24-25(20)18-11-9-17(22)10-12-18/h3-7,9-12,14-15H,8,13H2,1-2H3,(H,23,26). The van der Waals surface area contributed by atoms with E-state index in [0.717, 1.165) is 27.8 Å². The maximum absolute atomic E-state index is 12.3. The van der Waals surface area contributed by atoms with Crippen LogP contribution in [0.5, 0.6) is 0 Å². The minimum Gasteiger partial charge on any atom is -0.311 e. The number of nitrogens with zero attached hydrogens (tertiary/aromatic N) is 2. The topological polar surface area (TPSA) is 46.9 Å². The molecule has 0 fully saturated rings. The summed E-state index contributed by atoms with van der Waals surface area (Å²) >= 11 is 3.45. The Bertz CT molecular complexity index is 870. The van der Waals surface area contributed by atoms with E-state index < -0.39 is 0 Å². The van der Waals surface area contributed by atoms with Crippen LogP contribution in [0.1, 0.15) is 26.7 Å². The fourth-order valence-electron chi connectivity index (χ4n) is 2.62. The summed E-state index contributed by atoms with van der Waals surface area (Å²) < 4.78 is 2.78. The van der Waals surface area contributed by atoms with Gasteiger partial charge < -0.3 is 5.32 Å². The van der Waals surface area contributed by atoms with Gasteiger partial charge in [0.2, 0.25) is 5.91 Å². The highest BCUT2D eigenvalue weighted by atomic mass is 79.9. The van der Waals surface area contributed by atoms with Crippen LogP contribution in [0.3, 0.4) is 0 Å². The van der Waals surface area contributed by atoms with Crippen LogP contribution in [0.15, 0.2) is 65.1 Å². The van der Waals surface area contributed by atoms with Crippen molar-refractivity contribution in [2.75, 3.05) is 5.32 Å². The van der Waals surface area contributed by atoms with Gasteiger partial charge in [0.05, 0.1) is 11.4 Å². The molecule has 0 saturated heterocycles. The Labute approximate surface area is 162 Å². The number of carbonyl (C=O) groups is 1. The van der Waals surface area contributed by atoms with Crippen LogP contribution in [-0.2, 0) is 4.79 Å². The van der Waals surface area contributed by atoms with Gasteiger partial charge in [-0.3, -0.25) is 4.79 Å². The number of aromatic nitrogens is 2. The van der Waals surface area contributed by atoms with E-state index in [4.69, 9.17) is 5.10 Å². The number of nitrogens with one attached hydrogen (secondary N) is 1. The van der Waals surface area contributed by atoms with Crippen molar-refractivity contribution >= 4 is 27.7 Å². The number of hydrogen-bond acceptors (Lipinski definition) is 2. The van der Waals surface area contributed by atoms with Crippen molar-refractivity contribution < 1.29 is 4.79 Å². The van der Waals surface area contributed by atoms with Gasteiger partial charge >= 0.3 is 0 Å². The van der Waals surface area contributed by atoms with Gasteiger partial charge in [-0.1, -0.05) is 60.1 Å². The maximum Gasteiger partial charge on any atom is 0.225 e. The molecular formula is C21H22BrN3O. The summed E-state index contributed by atoms with van der Waals surface area (Å²) in [6.07, 6.45) is 1.37. The maximum atomic E-state index is 12.3. The molecular weight excluding hydrogens is 390 g/mol. The summed E-state index contributed by atoms with van der Waals surface area (Å²) in [4.78, 5) is 12.3. The first-order chi connectivity index (χ1) is 12.5. The van der Waals surface area contributed by atoms with Crippen LogP contribution in [-0.4, -0.2) is 15.7 Å². The predicted octanol–water partition coefficient (Wildman–Crippen LogP) is 5.68. The first kappa shape index (κ1) is 18.4. The predicted molar refractivity (Wildman–Crippen MR) is 109 cm³/mol. The summed E-state index contributed by atoms with van der Waals surface area (Å²) in [5.41, 5.74) is 2.74. The SMILES string of the molecule is CC(C)CCC(=O)Nc1cc(-c2ccccc2)nn1-c1ccc(Br)cc1. The van der Waals surface area contributed by atoms with Crippen LogP contribution in [0.25, 0.3) is 16.9 Å². The fraction of sp³-hybridized carbons (Fsp3) is 0.238. The first-order valence-corrected chi connectivity index (χ1v) is 9.53. The summed E-state index contributed by atoms with van der Waals surface area (Å²) in [5.74, 6) is 1.19. The molecule has 1 heterocycles. The Kier molecular flexibility index (Phi) is 5.89. The number of carbonyl (C=O) groups excluding carboxylic acids is 1. The average Bonchev–Trinajstić information content (AvgIpc) is 3.05. The van der Waals surface area contributed by atoms with Crippen LogP contribution in [0, 0.1) is 5.92 Å². The van der Waals surface area contributed by atoms with E-state index in [-0.39, 0.29) is 5.91 Å². The van der Waals surface area contributed by atoms with Crippen LogP contribution < -0.4 is 5.32 Å². The Balaban J connectivity index is 1.94. The van der Waals surface area contributed by atoms with E-state index in [2.05, 4.69) is 35.1 Å². The highest BCUT2D eigenvalue weighted by Gasteiger charge is 2.14. The Morgan fingerprint density at radius 1 is 1.12 bits per heavy atom. The molecule has 0 radical (unpaired) electrons. The summed E-state index contributed by atoms with van der Waals surface area (Å²) in [5, 5.41) is 7.73. The lowest BCUT2D eigenvalue weighted by molar-refractivity contribution is -0.116. The highest BCUT2D eigenvalue weighted by Crippen LogP contribution is 2.25. The lowest BCUT2D eigenvalue weighted by atomic mass is 10.1. The Hall–Kier alpha value is -2.40. The second-order valence-corrected chi connectivity index (χ2v) is 7.57. The molecule has 0 spiro atoms. The molecule has 3 aromatic rings. The van der Waals surface area contributed by atoms with Crippen molar-refractivity contribution in [1.82, 2.24) is 9.78 Å². The van der Waals surface area contributed by atoms with Crippen molar-refractivity contribution in [3.63, 3.8) is 0 Å². The minimum absolute atomic E-state index is 0.0107. The number of benzene rings is 2. The van der Waals surface area contributed by atoms with Crippen LogP contribution in [0.2, 0.25) is 0 Å². The number of rotatable bonds is 6. The molecule has 3 rings (SSSR count). The Morgan fingerprint density at radius 2 is 1.81 bits per heavy atom. The van der Waals surface area contributed by atoms with Gasteiger partial charge in [0.15, 0.2) is 0 Å². The monoisotopic (exact) mass is 411 g/mol. The molecule has 1 N–H and O–H groups in total. The van der Waals surface area contributed by atoms with E-state index in [1.165, 1.54) is 0 Å². The van der Waals surface area contributed by atoms with Crippen LogP contribution in [0.4, 0.5) is 5.82 Å².